The molecule has 0 aliphatic heterocycles. The van der Waals surface area contributed by atoms with Crippen LogP contribution in [-0.2, 0) is 4.79 Å². The number of aliphatic carboxylic acids is 1. The predicted octanol–water partition coefficient (Wildman–Crippen LogP) is 9.70. The number of rotatable bonds is 19. The summed E-state index contributed by atoms with van der Waals surface area (Å²) in [5.74, 6) is -0.971. The molecule has 37 heavy (non-hydrogen) atoms. The maximum atomic E-state index is 11.0. The van der Waals surface area contributed by atoms with Gasteiger partial charge in [0.1, 0.15) is 0 Å². The normalized spacial score (nSPS) is 13.0. The number of hydrogen-bond acceptors (Lipinski definition) is 2. The number of hydrogen-bond donors (Lipinski definition) is 1. The minimum absolute atomic E-state index is 0.188. The molecule has 0 unspecified atom stereocenters. The van der Waals surface area contributed by atoms with E-state index in [9.17, 15) is 4.79 Å². The third-order valence-corrected chi connectivity index (χ3v) is 6.40. The Bertz CT molecular complexity index is 945. The lowest BCUT2D eigenvalue weighted by molar-refractivity contribution is -0.132. The van der Waals surface area contributed by atoms with Gasteiger partial charge in [0.15, 0.2) is 0 Å². The van der Waals surface area contributed by atoms with E-state index in [0.717, 1.165) is 17.7 Å². The fraction of sp³-hybridized carbons (Fsp3) is 0.441. The molecule has 0 fully saturated rings. The van der Waals surface area contributed by atoms with Crippen molar-refractivity contribution in [2.24, 2.45) is 0 Å². The molecule has 0 radical (unpaired) electrons. The number of allylic oxidation sites excluding steroid dienone is 8. The second-order valence-corrected chi connectivity index (χ2v) is 9.84. The second kappa shape index (κ2) is 20.0. The highest BCUT2D eigenvalue weighted by Crippen LogP contribution is 2.17. The number of carbonyl (C=O) groups is 1. The van der Waals surface area contributed by atoms with Crippen molar-refractivity contribution in [3.8, 4) is 0 Å². The molecule has 0 atom stereocenters. The highest BCUT2D eigenvalue weighted by Gasteiger charge is 2.01. The average molecular weight is 504 g/mol. The lowest BCUT2D eigenvalue weighted by atomic mass is 10.1. The van der Waals surface area contributed by atoms with Crippen LogP contribution >= 0.6 is 0 Å². The van der Waals surface area contributed by atoms with Gasteiger partial charge in [0.2, 0.25) is 0 Å². The maximum Gasteiger partial charge on any atom is 0.335 e. The highest BCUT2D eigenvalue weighted by atomic mass is 16.4. The maximum absolute atomic E-state index is 11.0. The minimum Gasteiger partial charge on any atom is -0.478 e. The van der Waals surface area contributed by atoms with E-state index >= 15 is 0 Å². The van der Waals surface area contributed by atoms with E-state index in [1.165, 1.54) is 81.5 Å². The summed E-state index contributed by atoms with van der Waals surface area (Å²) in [6.07, 6.45) is 28.6. The van der Waals surface area contributed by atoms with Gasteiger partial charge in [0.05, 0.1) is 5.57 Å². The minimum atomic E-state index is -0.971. The van der Waals surface area contributed by atoms with Crippen molar-refractivity contribution in [3.63, 3.8) is 0 Å². The van der Waals surface area contributed by atoms with Crippen molar-refractivity contribution < 1.29 is 9.90 Å². The third-order valence-electron chi connectivity index (χ3n) is 6.40. The molecule has 0 aliphatic rings. The molecule has 3 heteroatoms. The monoisotopic (exact) mass is 503 g/mol. The van der Waals surface area contributed by atoms with Crippen LogP contribution in [0.1, 0.15) is 90.5 Å². The first kappa shape index (κ1) is 32.0. The van der Waals surface area contributed by atoms with Gasteiger partial charge in [-0.05, 0) is 44.0 Å². The van der Waals surface area contributed by atoms with Crippen molar-refractivity contribution in [1.82, 2.24) is 0 Å². The van der Waals surface area contributed by atoms with E-state index in [-0.39, 0.29) is 5.57 Å². The number of unbranched alkanes of at least 4 members (excludes halogenated alkanes) is 9. The van der Waals surface area contributed by atoms with Crippen LogP contribution < -0.4 is 4.90 Å². The van der Waals surface area contributed by atoms with E-state index in [2.05, 4.69) is 68.8 Å². The van der Waals surface area contributed by atoms with Gasteiger partial charge in [0.25, 0.3) is 0 Å². The quantitative estimate of drug-likeness (QED) is 0.116. The molecule has 0 amide bonds. The Kier molecular flexibility index (Phi) is 17.3. The SMILES string of the molecule is C=CC(=CC(C)=CC=CC=C(C)C=Cc1ccc(N(C)CCCCCCCCCCCC)cc1)C(=O)O. The molecular formula is C34H49NO2. The van der Waals surface area contributed by atoms with E-state index in [1.54, 1.807) is 6.08 Å². The van der Waals surface area contributed by atoms with Crippen molar-refractivity contribution in [3.05, 3.63) is 95.7 Å². The van der Waals surface area contributed by atoms with Crippen LogP contribution in [0.15, 0.2) is 90.1 Å². The Hall–Kier alpha value is -3.07. The number of carboxylic acid groups (broad SMARTS) is 1. The summed E-state index contributed by atoms with van der Waals surface area (Å²) in [5.41, 5.74) is 4.62. The van der Waals surface area contributed by atoms with Crippen LogP contribution in [-0.4, -0.2) is 24.7 Å². The molecule has 0 saturated carbocycles. The van der Waals surface area contributed by atoms with Gasteiger partial charge < -0.3 is 10.0 Å². The first-order valence-electron chi connectivity index (χ1n) is 14.0. The van der Waals surface area contributed by atoms with Gasteiger partial charge in [-0.1, -0.05) is 137 Å². The van der Waals surface area contributed by atoms with Crippen molar-refractivity contribution in [2.45, 2.75) is 85.0 Å². The third kappa shape index (κ3) is 15.6. The summed E-state index contributed by atoms with van der Waals surface area (Å²) in [7, 11) is 2.18. The molecule has 202 valence electrons. The molecule has 0 saturated heterocycles. The van der Waals surface area contributed by atoms with Crippen molar-refractivity contribution in [2.75, 3.05) is 18.5 Å². The number of anilines is 1. The van der Waals surface area contributed by atoms with Crippen LogP contribution in [0.4, 0.5) is 5.69 Å². The highest BCUT2D eigenvalue weighted by molar-refractivity contribution is 5.90. The molecule has 0 spiro atoms. The molecule has 3 nitrogen and oxygen atoms in total. The molecule has 1 rings (SSSR count). The number of nitrogens with zero attached hydrogens (tertiary/aromatic N) is 1. The van der Waals surface area contributed by atoms with E-state index in [0.29, 0.717) is 0 Å². The Morgan fingerprint density at radius 1 is 0.865 bits per heavy atom. The molecule has 1 aromatic rings. The van der Waals surface area contributed by atoms with Crippen LogP contribution in [0.5, 0.6) is 0 Å². The molecule has 0 aliphatic carbocycles. The lowest BCUT2D eigenvalue weighted by Gasteiger charge is -2.19. The Balaban J connectivity index is 2.40. The molecule has 1 N–H and O–H groups in total. The van der Waals surface area contributed by atoms with Crippen LogP contribution in [0.3, 0.4) is 0 Å². The van der Waals surface area contributed by atoms with E-state index < -0.39 is 5.97 Å². The van der Waals surface area contributed by atoms with Gasteiger partial charge in [-0.2, -0.15) is 0 Å². The standard InChI is InChI=1S/C34H49NO2/c1-6-8-9-10-11-12-13-14-15-18-27-35(5)33-25-23-31(24-26-33)22-21-29(3)19-16-17-20-30(4)28-32(7-2)34(36)37/h7,16-17,19-26,28H,2,6,8-15,18,27H2,1,3-5H3,(H,36,37). The summed E-state index contributed by atoms with van der Waals surface area (Å²) in [6.45, 7) is 10.8. The molecule has 0 aromatic heterocycles. The average Bonchev–Trinajstić information content (AvgIpc) is 2.89. The first-order valence-corrected chi connectivity index (χ1v) is 14.0. The Morgan fingerprint density at radius 3 is 1.95 bits per heavy atom. The Labute approximate surface area is 226 Å². The Morgan fingerprint density at radius 2 is 1.41 bits per heavy atom. The van der Waals surface area contributed by atoms with Crippen molar-refractivity contribution >= 4 is 17.7 Å². The fourth-order valence-corrected chi connectivity index (χ4v) is 4.00. The first-order chi connectivity index (χ1) is 17.9. The van der Waals surface area contributed by atoms with Gasteiger partial charge in [-0.25, -0.2) is 4.79 Å². The molecular weight excluding hydrogens is 454 g/mol. The van der Waals surface area contributed by atoms with Crippen LogP contribution in [0.25, 0.3) is 6.08 Å². The van der Waals surface area contributed by atoms with Gasteiger partial charge in [-0.3, -0.25) is 0 Å². The predicted molar refractivity (Wildman–Crippen MR) is 163 cm³/mol. The summed E-state index contributed by atoms with van der Waals surface area (Å²) in [6, 6.07) is 8.74. The zero-order chi connectivity index (χ0) is 27.3. The van der Waals surface area contributed by atoms with E-state index in [1.807, 2.05) is 31.2 Å². The molecule has 0 heterocycles. The van der Waals surface area contributed by atoms with Gasteiger partial charge in [0, 0.05) is 19.3 Å². The molecule has 0 bridgehead atoms. The van der Waals surface area contributed by atoms with Crippen molar-refractivity contribution in [1.29, 1.82) is 0 Å². The van der Waals surface area contributed by atoms with Gasteiger partial charge in [-0.15, -0.1) is 0 Å². The zero-order valence-electron chi connectivity index (χ0n) is 23.7. The largest absolute Gasteiger partial charge is 0.478 e. The number of carboxylic acids is 1. The second-order valence-electron chi connectivity index (χ2n) is 9.84. The lowest BCUT2D eigenvalue weighted by Crippen LogP contribution is -2.18. The summed E-state index contributed by atoms with van der Waals surface area (Å²) >= 11 is 0. The van der Waals surface area contributed by atoms with E-state index in [4.69, 9.17) is 5.11 Å². The summed E-state index contributed by atoms with van der Waals surface area (Å²) in [4.78, 5) is 13.4. The molecule has 1 aromatic carbocycles. The fourth-order valence-electron chi connectivity index (χ4n) is 4.00. The number of benzene rings is 1. The van der Waals surface area contributed by atoms with Crippen LogP contribution in [0, 0.1) is 0 Å². The topological polar surface area (TPSA) is 40.5 Å². The zero-order valence-corrected chi connectivity index (χ0v) is 23.7. The smallest absolute Gasteiger partial charge is 0.335 e. The van der Waals surface area contributed by atoms with Crippen LogP contribution in [0.2, 0.25) is 0 Å². The summed E-state index contributed by atoms with van der Waals surface area (Å²) < 4.78 is 0. The van der Waals surface area contributed by atoms with Gasteiger partial charge >= 0.3 is 5.97 Å². The summed E-state index contributed by atoms with van der Waals surface area (Å²) in [5, 5.41) is 9.05.